The molecule has 1 saturated heterocycles. The highest BCUT2D eigenvalue weighted by Gasteiger charge is 2.33. The van der Waals surface area contributed by atoms with Gasteiger partial charge in [-0.3, -0.25) is 9.59 Å². The van der Waals surface area contributed by atoms with Gasteiger partial charge in [0.15, 0.2) is 0 Å². The number of hydrogen-bond donors (Lipinski definition) is 0. The van der Waals surface area contributed by atoms with Crippen molar-refractivity contribution in [2.24, 2.45) is 5.92 Å². The number of thioether (sulfide) groups is 1. The second-order valence-corrected chi connectivity index (χ2v) is 9.03. The maximum atomic E-state index is 12.9. The summed E-state index contributed by atoms with van der Waals surface area (Å²) in [5, 5.41) is 0.883. The standard InChI is InChI=1S/C23H28Cl2N2O4S/c1-5-6-17(23(30)31-3)26(2)22(29)16-11-13-27(14-12-16)19(28)10-8-15-7-9-18(32-4)21(25)20(15)24/h5,7-10,16-17H,1,6,11-14H2,2-4H3/b10-8+/t17-/m0/s1. The molecule has 0 aliphatic carbocycles. The van der Waals surface area contributed by atoms with Gasteiger partial charge in [0.2, 0.25) is 11.8 Å². The van der Waals surface area contributed by atoms with E-state index in [2.05, 4.69) is 6.58 Å². The topological polar surface area (TPSA) is 66.9 Å². The molecule has 1 aromatic rings. The molecule has 0 radical (unpaired) electrons. The monoisotopic (exact) mass is 498 g/mol. The quantitative estimate of drug-likeness (QED) is 0.227. The lowest BCUT2D eigenvalue weighted by Gasteiger charge is -2.34. The fourth-order valence-electron chi connectivity index (χ4n) is 3.59. The third-order valence-electron chi connectivity index (χ3n) is 5.54. The average Bonchev–Trinajstić information content (AvgIpc) is 2.82. The molecule has 9 heteroatoms. The summed E-state index contributed by atoms with van der Waals surface area (Å²) in [7, 11) is 2.90. The van der Waals surface area contributed by atoms with Crippen LogP contribution < -0.4 is 0 Å². The Balaban J connectivity index is 1.97. The second-order valence-electron chi connectivity index (χ2n) is 7.43. The van der Waals surface area contributed by atoms with Crippen LogP contribution in [0.25, 0.3) is 6.08 Å². The summed E-state index contributed by atoms with van der Waals surface area (Å²) in [6.45, 7) is 4.56. The van der Waals surface area contributed by atoms with Crippen LogP contribution in [0.4, 0.5) is 0 Å². The van der Waals surface area contributed by atoms with Crippen molar-refractivity contribution in [1.82, 2.24) is 9.80 Å². The lowest BCUT2D eigenvalue weighted by atomic mass is 9.94. The highest BCUT2D eigenvalue weighted by molar-refractivity contribution is 7.98. The second kappa shape index (κ2) is 12.3. The lowest BCUT2D eigenvalue weighted by Crippen LogP contribution is -2.48. The van der Waals surface area contributed by atoms with Crippen LogP contribution in [-0.2, 0) is 19.1 Å². The van der Waals surface area contributed by atoms with Gasteiger partial charge in [0, 0.05) is 37.0 Å². The van der Waals surface area contributed by atoms with Crippen LogP contribution in [0.2, 0.25) is 10.0 Å². The fraction of sp³-hybridized carbons (Fsp3) is 0.435. The number of nitrogens with zero attached hydrogens (tertiary/aromatic N) is 2. The minimum Gasteiger partial charge on any atom is -0.467 e. The van der Waals surface area contributed by atoms with Gasteiger partial charge in [0.25, 0.3) is 0 Å². The Bertz CT molecular complexity index is 898. The van der Waals surface area contributed by atoms with E-state index in [-0.39, 0.29) is 17.7 Å². The van der Waals surface area contributed by atoms with E-state index < -0.39 is 12.0 Å². The van der Waals surface area contributed by atoms with Crippen molar-refractivity contribution >= 4 is 58.8 Å². The van der Waals surface area contributed by atoms with Gasteiger partial charge in [0.1, 0.15) is 6.04 Å². The maximum absolute atomic E-state index is 12.9. The van der Waals surface area contributed by atoms with E-state index in [1.165, 1.54) is 29.8 Å². The van der Waals surface area contributed by atoms with Crippen LogP contribution in [0.15, 0.2) is 35.8 Å². The van der Waals surface area contributed by atoms with E-state index in [9.17, 15) is 14.4 Å². The number of hydrogen-bond acceptors (Lipinski definition) is 5. The number of esters is 1. The summed E-state index contributed by atoms with van der Waals surface area (Å²) >= 11 is 14.1. The molecule has 2 amide bonds. The molecule has 0 spiro atoms. The molecule has 0 bridgehead atoms. The Hall–Kier alpha value is -1.96. The molecule has 1 atom stereocenters. The van der Waals surface area contributed by atoms with Gasteiger partial charge < -0.3 is 14.5 Å². The van der Waals surface area contributed by atoms with Crippen LogP contribution in [0.3, 0.4) is 0 Å². The predicted octanol–water partition coefficient (Wildman–Crippen LogP) is 4.54. The minimum atomic E-state index is -0.693. The number of carbonyl (C=O) groups is 3. The molecular weight excluding hydrogens is 471 g/mol. The number of benzene rings is 1. The van der Waals surface area contributed by atoms with Crippen LogP contribution in [0, 0.1) is 5.92 Å². The van der Waals surface area contributed by atoms with Crippen molar-refractivity contribution in [2.45, 2.75) is 30.2 Å². The number of likely N-dealkylation sites (N-methyl/N-ethyl adjacent to an activating group) is 1. The highest BCUT2D eigenvalue weighted by atomic mass is 35.5. The molecule has 0 unspecified atom stereocenters. The van der Waals surface area contributed by atoms with Crippen LogP contribution in [0.5, 0.6) is 0 Å². The van der Waals surface area contributed by atoms with Crippen molar-refractivity contribution in [2.75, 3.05) is 33.5 Å². The van der Waals surface area contributed by atoms with Crippen LogP contribution in [0.1, 0.15) is 24.8 Å². The summed E-state index contributed by atoms with van der Waals surface area (Å²) < 4.78 is 4.80. The molecule has 0 N–H and O–H groups in total. The largest absolute Gasteiger partial charge is 0.467 e. The van der Waals surface area contributed by atoms with Gasteiger partial charge >= 0.3 is 5.97 Å². The molecule has 1 aromatic carbocycles. The van der Waals surface area contributed by atoms with Gasteiger partial charge in [-0.05, 0) is 43.2 Å². The number of piperidine rings is 1. The van der Waals surface area contributed by atoms with E-state index >= 15 is 0 Å². The molecule has 6 nitrogen and oxygen atoms in total. The predicted molar refractivity (Wildman–Crippen MR) is 130 cm³/mol. The van der Waals surface area contributed by atoms with Crippen molar-refractivity contribution in [3.05, 3.63) is 46.5 Å². The zero-order chi connectivity index (χ0) is 23.8. The summed E-state index contributed by atoms with van der Waals surface area (Å²) in [5.41, 5.74) is 0.672. The minimum absolute atomic E-state index is 0.125. The van der Waals surface area contributed by atoms with Crippen molar-refractivity contribution < 1.29 is 19.1 Å². The molecule has 0 saturated carbocycles. The number of carbonyl (C=O) groups excluding carboxylic acids is 3. The maximum Gasteiger partial charge on any atom is 0.328 e. The molecular formula is C23H28Cl2N2O4S. The highest BCUT2D eigenvalue weighted by Crippen LogP contribution is 2.35. The third kappa shape index (κ3) is 6.30. The first kappa shape index (κ1) is 26.3. The van der Waals surface area contributed by atoms with Crippen LogP contribution >= 0.6 is 35.0 Å². The first-order valence-corrected chi connectivity index (χ1v) is 12.2. The third-order valence-corrected chi connectivity index (χ3v) is 7.32. The Morgan fingerprint density at radius 2 is 1.94 bits per heavy atom. The molecule has 174 valence electrons. The number of likely N-dealkylation sites (tertiary alicyclic amines) is 1. The zero-order valence-electron chi connectivity index (χ0n) is 18.5. The Kier molecular flexibility index (Phi) is 10.1. The Labute approximate surface area is 203 Å². The first-order valence-electron chi connectivity index (χ1n) is 10.2. The number of methoxy groups -OCH3 is 1. The van der Waals surface area contributed by atoms with Crippen LogP contribution in [-0.4, -0.2) is 67.1 Å². The molecule has 32 heavy (non-hydrogen) atoms. The van der Waals surface area contributed by atoms with Crippen molar-refractivity contribution in [3.8, 4) is 0 Å². The van der Waals surface area contributed by atoms with Gasteiger partial charge in [-0.25, -0.2) is 4.79 Å². The van der Waals surface area contributed by atoms with Gasteiger partial charge in [-0.2, -0.15) is 0 Å². The SMILES string of the molecule is C=CC[C@@H](C(=O)OC)N(C)C(=O)C1CCN(C(=O)/C=C/c2ccc(SC)c(Cl)c2Cl)CC1. The first-order chi connectivity index (χ1) is 15.2. The number of rotatable bonds is 8. The van der Waals surface area contributed by atoms with Gasteiger partial charge in [0.05, 0.1) is 17.2 Å². The zero-order valence-corrected chi connectivity index (χ0v) is 20.8. The summed E-state index contributed by atoms with van der Waals surface area (Å²) in [5.74, 6) is -0.996. The summed E-state index contributed by atoms with van der Waals surface area (Å²) in [4.78, 5) is 41.5. The van der Waals surface area contributed by atoms with Crippen molar-refractivity contribution in [3.63, 3.8) is 0 Å². The molecule has 1 heterocycles. The fourth-order valence-corrected chi connectivity index (χ4v) is 4.77. The van der Waals surface area contributed by atoms with Gasteiger partial charge in [-0.15, -0.1) is 18.3 Å². The Morgan fingerprint density at radius 1 is 1.28 bits per heavy atom. The summed E-state index contributed by atoms with van der Waals surface area (Å²) in [6.07, 6.45) is 8.01. The molecule has 0 aromatic heterocycles. The number of amides is 2. The molecule has 1 fully saturated rings. The van der Waals surface area contributed by atoms with E-state index in [0.29, 0.717) is 48.0 Å². The normalized spacial score (nSPS) is 15.5. The number of halogens is 2. The van der Waals surface area contributed by atoms with Gasteiger partial charge in [-0.1, -0.05) is 35.3 Å². The van der Waals surface area contributed by atoms with Crippen molar-refractivity contribution in [1.29, 1.82) is 0 Å². The smallest absolute Gasteiger partial charge is 0.328 e. The Morgan fingerprint density at radius 3 is 2.50 bits per heavy atom. The average molecular weight is 499 g/mol. The van der Waals surface area contributed by atoms with E-state index in [1.807, 2.05) is 18.4 Å². The number of ether oxygens (including phenoxy) is 1. The van der Waals surface area contributed by atoms with E-state index in [0.717, 1.165) is 4.90 Å². The van der Waals surface area contributed by atoms with E-state index in [4.69, 9.17) is 27.9 Å². The lowest BCUT2D eigenvalue weighted by molar-refractivity contribution is -0.153. The molecule has 1 aliphatic rings. The molecule has 2 rings (SSSR count). The molecule has 1 aliphatic heterocycles. The van der Waals surface area contributed by atoms with E-state index in [1.54, 1.807) is 24.1 Å². The summed E-state index contributed by atoms with van der Waals surface area (Å²) in [6, 6.07) is 3.00.